The van der Waals surface area contributed by atoms with Crippen LogP contribution in [-0.2, 0) is 4.74 Å². The molecule has 1 aromatic carbocycles. The third kappa shape index (κ3) is 4.51. The average molecular weight is 224 g/mol. The largest absolute Gasteiger partial charge is 0.397 e. The van der Waals surface area contributed by atoms with Crippen molar-refractivity contribution in [2.24, 2.45) is 0 Å². The van der Waals surface area contributed by atoms with E-state index in [1.165, 1.54) is 0 Å². The van der Waals surface area contributed by atoms with E-state index >= 15 is 0 Å². The Morgan fingerprint density at radius 3 is 2.88 bits per heavy atom. The molecule has 0 bridgehead atoms. The van der Waals surface area contributed by atoms with E-state index in [-0.39, 0.29) is 6.61 Å². The van der Waals surface area contributed by atoms with Crippen molar-refractivity contribution in [3.05, 3.63) is 23.8 Å². The maximum atomic E-state index is 8.51. The highest BCUT2D eigenvalue weighted by molar-refractivity contribution is 5.66. The molecular formula is C12H20N2O2. The Kier molecular flexibility index (Phi) is 5.67. The third-order valence-electron chi connectivity index (χ3n) is 2.22. The summed E-state index contributed by atoms with van der Waals surface area (Å²) >= 11 is 0. The summed E-state index contributed by atoms with van der Waals surface area (Å²) in [5.74, 6) is 0. The molecule has 4 heteroatoms. The molecule has 0 heterocycles. The Morgan fingerprint density at radius 1 is 1.38 bits per heavy atom. The number of ether oxygens (including phenoxy) is 1. The zero-order chi connectivity index (χ0) is 11.8. The number of nitrogens with one attached hydrogen (secondary N) is 1. The first kappa shape index (κ1) is 12.8. The van der Waals surface area contributed by atoms with Crippen molar-refractivity contribution < 1.29 is 9.84 Å². The Morgan fingerprint density at radius 2 is 2.19 bits per heavy atom. The normalized spacial score (nSPS) is 10.4. The molecule has 0 aromatic heterocycles. The minimum atomic E-state index is 0.0817. The van der Waals surface area contributed by atoms with E-state index in [4.69, 9.17) is 15.6 Å². The molecular weight excluding hydrogens is 204 g/mol. The third-order valence-corrected chi connectivity index (χ3v) is 2.22. The number of aliphatic hydroxyl groups is 1. The van der Waals surface area contributed by atoms with Crippen LogP contribution in [0.4, 0.5) is 11.4 Å². The van der Waals surface area contributed by atoms with E-state index in [0.717, 1.165) is 29.9 Å². The van der Waals surface area contributed by atoms with Gasteiger partial charge in [-0.2, -0.15) is 0 Å². The molecule has 4 N–H and O–H groups in total. The second kappa shape index (κ2) is 7.09. The zero-order valence-electron chi connectivity index (χ0n) is 9.70. The Labute approximate surface area is 96.4 Å². The number of benzene rings is 1. The molecule has 1 aromatic rings. The molecule has 16 heavy (non-hydrogen) atoms. The standard InChI is InChI=1S/C12H20N2O2/c1-10-3-4-12(11(13)9-10)14-5-2-7-16-8-6-15/h3-4,9,14-15H,2,5-8,13H2,1H3. The van der Waals surface area contributed by atoms with Crippen LogP contribution in [0.25, 0.3) is 0 Å². The van der Waals surface area contributed by atoms with E-state index in [2.05, 4.69) is 5.32 Å². The van der Waals surface area contributed by atoms with E-state index in [0.29, 0.717) is 13.2 Å². The first-order chi connectivity index (χ1) is 7.74. The average Bonchev–Trinajstić information content (AvgIpc) is 2.26. The minimum absolute atomic E-state index is 0.0817. The molecule has 0 aliphatic rings. The summed E-state index contributed by atoms with van der Waals surface area (Å²) in [7, 11) is 0. The topological polar surface area (TPSA) is 67.5 Å². The number of rotatable bonds is 7. The van der Waals surface area contributed by atoms with Crippen molar-refractivity contribution in [2.45, 2.75) is 13.3 Å². The fraction of sp³-hybridized carbons (Fsp3) is 0.500. The van der Waals surface area contributed by atoms with Crippen molar-refractivity contribution in [3.8, 4) is 0 Å². The predicted octanol–water partition coefficient (Wildman–Crippen LogP) is 1.39. The molecule has 0 saturated heterocycles. The van der Waals surface area contributed by atoms with Gasteiger partial charge in [-0.25, -0.2) is 0 Å². The van der Waals surface area contributed by atoms with Gasteiger partial charge in [-0.05, 0) is 31.0 Å². The summed E-state index contributed by atoms with van der Waals surface area (Å²) in [6.07, 6.45) is 0.896. The van der Waals surface area contributed by atoms with E-state index in [1.54, 1.807) is 0 Å². The number of nitrogen functional groups attached to an aromatic ring is 1. The van der Waals surface area contributed by atoms with Gasteiger partial charge in [0.1, 0.15) is 0 Å². The summed E-state index contributed by atoms with van der Waals surface area (Å²) in [6.45, 7) is 3.98. The van der Waals surface area contributed by atoms with Gasteiger partial charge in [-0.3, -0.25) is 0 Å². The number of aliphatic hydroxyl groups excluding tert-OH is 1. The lowest BCUT2D eigenvalue weighted by Crippen LogP contribution is -2.08. The molecule has 0 atom stereocenters. The van der Waals surface area contributed by atoms with Crippen LogP contribution in [-0.4, -0.2) is 31.5 Å². The molecule has 0 unspecified atom stereocenters. The van der Waals surface area contributed by atoms with E-state index in [9.17, 15) is 0 Å². The fourth-order valence-corrected chi connectivity index (χ4v) is 1.41. The summed E-state index contributed by atoms with van der Waals surface area (Å²) in [5, 5.41) is 11.8. The van der Waals surface area contributed by atoms with Crippen LogP contribution in [0.2, 0.25) is 0 Å². The molecule has 90 valence electrons. The zero-order valence-corrected chi connectivity index (χ0v) is 9.70. The van der Waals surface area contributed by atoms with Crippen LogP contribution < -0.4 is 11.1 Å². The molecule has 0 spiro atoms. The molecule has 0 aliphatic carbocycles. The first-order valence-electron chi connectivity index (χ1n) is 5.52. The van der Waals surface area contributed by atoms with Crippen molar-refractivity contribution in [2.75, 3.05) is 37.4 Å². The second-order valence-corrected chi connectivity index (χ2v) is 3.71. The van der Waals surface area contributed by atoms with Gasteiger partial charge in [0.05, 0.1) is 24.6 Å². The molecule has 0 saturated carbocycles. The van der Waals surface area contributed by atoms with Crippen LogP contribution in [0.1, 0.15) is 12.0 Å². The highest BCUT2D eigenvalue weighted by atomic mass is 16.5. The quantitative estimate of drug-likeness (QED) is 0.483. The lowest BCUT2D eigenvalue weighted by Gasteiger charge is -2.09. The van der Waals surface area contributed by atoms with Crippen molar-refractivity contribution >= 4 is 11.4 Å². The monoisotopic (exact) mass is 224 g/mol. The highest BCUT2D eigenvalue weighted by Gasteiger charge is 1.97. The highest BCUT2D eigenvalue weighted by Crippen LogP contribution is 2.18. The minimum Gasteiger partial charge on any atom is -0.397 e. The van der Waals surface area contributed by atoms with Crippen LogP contribution in [0.3, 0.4) is 0 Å². The van der Waals surface area contributed by atoms with Gasteiger partial charge in [-0.15, -0.1) is 0 Å². The molecule has 0 radical (unpaired) electrons. The van der Waals surface area contributed by atoms with Crippen LogP contribution in [0.15, 0.2) is 18.2 Å². The van der Waals surface area contributed by atoms with Crippen molar-refractivity contribution in [1.82, 2.24) is 0 Å². The SMILES string of the molecule is Cc1ccc(NCCCOCCO)c(N)c1. The van der Waals surface area contributed by atoms with Gasteiger partial charge in [0.15, 0.2) is 0 Å². The number of hydrogen-bond acceptors (Lipinski definition) is 4. The van der Waals surface area contributed by atoms with Gasteiger partial charge in [0, 0.05) is 13.2 Å². The summed E-state index contributed by atoms with van der Waals surface area (Å²) in [4.78, 5) is 0. The maximum Gasteiger partial charge on any atom is 0.0697 e. The number of nitrogens with two attached hydrogens (primary N) is 1. The van der Waals surface area contributed by atoms with Crippen LogP contribution >= 0.6 is 0 Å². The smallest absolute Gasteiger partial charge is 0.0697 e. The van der Waals surface area contributed by atoms with E-state index in [1.807, 2.05) is 25.1 Å². The summed E-state index contributed by atoms with van der Waals surface area (Å²) < 4.78 is 5.15. The lowest BCUT2D eigenvalue weighted by molar-refractivity contribution is 0.0922. The van der Waals surface area contributed by atoms with Gasteiger partial charge in [0.25, 0.3) is 0 Å². The number of anilines is 2. The van der Waals surface area contributed by atoms with Crippen molar-refractivity contribution in [3.63, 3.8) is 0 Å². The molecule has 0 fully saturated rings. The molecule has 0 aliphatic heterocycles. The predicted molar refractivity (Wildman–Crippen MR) is 66.6 cm³/mol. The number of hydrogen-bond donors (Lipinski definition) is 3. The fourth-order valence-electron chi connectivity index (χ4n) is 1.41. The van der Waals surface area contributed by atoms with Crippen molar-refractivity contribution in [1.29, 1.82) is 0 Å². The summed E-state index contributed by atoms with van der Waals surface area (Å²) in [6, 6.07) is 5.96. The first-order valence-corrected chi connectivity index (χ1v) is 5.52. The van der Waals surface area contributed by atoms with Crippen LogP contribution in [0, 0.1) is 6.92 Å². The molecule has 0 amide bonds. The molecule has 1 rings (SSSR count). The Bertz CT molecular complexity index is 316. The maximum absolute atomic E-state index is 8.51. The van der Waals surface area contributed by atoms with Gasteiger partial charge < -0.3 is 20.9 Å². The summed E-state index contributed by atoms with van der Waals surface area (Å²) in [5.41, 5.74) is 8.76. The lowest BCUT2D eigenvalue weighted by atomic mass is 10.2. The van der Waals surface area contributed by atoms with E-state index < -0.39 is 0 Å². The van der Waals surface area contributed by atoms with Gasteiger partial charge in [-0.1, -0.05) is 6.07 Å². The second-order valence-electron chi connectivity index (χ2n) is 3.71. The molecule has 4 nitrogen and oxygen atoms in total. The van der Waals surface area contributed by atoms with Gasteiger partial charge >= 0.3 is 0 Å². The Hall–Kier alpha value is -1.26. The Balaban J connectivity index is 2.21. The number of aryl methyl sites for hydroxylation is 1. The van der Waals surface area contributed by atoms with Gasteiger partial charge in [0.2, 0.25) is 0 Å². The van der Waals surface area contributed by atoms with Crippen LogP contribution in [0.5, 0.6) is 0 Å².